The Labute approximate surface area is 246 Å². The van der Waals surface area contributed by atoms with Gasteiger partial charge >= 0.3 is 0 Å². The number of amides is 1. The first-order chi connectivity index (χ1) is 18.9. The Morgan fingerprint density at radius 2 is 1.56 bits per heavy atom. The van der Waals surface area contributed by atoms with Gasteiger partial charge in [0.05, 0.1) is 16.4 Å². The van der Waals surface area contributed by atoms with E-state index in [2.05, 4.69) is 5.32 Å². The molecule has 1 amide bonds. The van der Waals surface area contributed by atoms with Gasteiger partial charge in [-0.25, -0.2) is 4.68 Å². The number of nitrogens with zero attached hydrogens (tertiary/aromatic N) is 2. The molecule has 1 heterocycles. The molecule has 4 saturated carbocycles. The fourth-order valence-electron chi connectivity index (χ4n) is 7.96. The fourth-order valence-corrected chi connectivity index (χ4v) is 8.58. The minimum absolute atomic E-state index is 0.160. The summed E-state index contributed by atoms with van der Waals surface area (Å²) in [5.74, 6) is 4.90. The largest absolute Gasteiger partial charge is 0.351 e. The summed E-state index contributed by atoms with van der Waals surface area (Å²) in [7, 11) is 0. The average molecular weight is 585 g/mol. The van der Waals surface area contributed by atoms with Crippen molar-refractivity contribution in [2.75, 3.05) is 6.54 Å². The molecule has 4 aliphatic rings. The lowest BCUT2D eigenvalue weighted by atomic mass is 9.51. The zero-order chi connectivity index (χ0) is 27.1. The minimum atomic E-state index is -0.160. The zero-order valence-corrected chi connectivity index (χ0v) is 24.7. The quantitative estimate of drug-likeness (QED) is 0.255. The van der Waals surface area contributed by atoms with Crippen molar-refractivity contribution in [1.29, 1.82) is 0 Å². The van der Waals surface area contributed by atoms with Gasteiger partial charge in [0.1, 0.15) is 0 Å². The number of hydrogen-bond acceptors (Lipinski definition) is 2. The summed E-state index contributed by atoms with van der Waals surface area (Å²) in [6, 6.07) is 12.8. The number of nitrogens with one attached hydrogen (secondary N) is 1. The molecule has 0 saturated heterocycles. The number of halogens is 3. The number of carbonyl (C=O) groups excluding carboxylic acids is 1. The summed E-state index contributed by atoms with van der Waals surface area (Å²) in [4.78, 5) is 13.3. The maximum atomic E-state index is 13.3. The second kappa shape index (κ2) is 11.5. The Bertz CT molecular complexity index is 1320. The van der Waals surface area contributed by atoms with Crippen LogP contribution in [0.1, 0.15) is 73.8 Å². The Hall–Kier alpha value is -2.01. The van der Waals surface area contributed by atoms with Crippen LogP contribution in [0.25, 0.3) is 16.9 Å². The normalized spacial score (nSPS) is 25.3. The van der Waals surface area contributed by atoms with Crippen molar-refractivity contribution in [3.63, 3.8) is 0 Å². The highest BCUT2D eigenvalue weighted by molar-refractivity contribution is 6.35. The van der Waals surface area contributed by atoms with Crippen molar-refractivity contribution in [2.24, 2.45) is 29.6 Å². The van der Waals surface area contributed by atoms with E-state index in [1.807, 2.05) is 37.3 Å². The minimum Gasteiger partial charge on any atom is -0.351 e. The lowest BCUT2D eigenvalue weighted by Gasteiger charge is -2.54. The van der Waals surface area contributed by atoms with Gasteiger partial charge in [-0.3, -0.25) is 4.79 Å². The first-order valence-corrected chi connectivity index (χ1v) is 15.6. The Morgan fingerprint density at radius 1 is 0.897 bits per heavy atom. The highest BCUT2D eigenvalue weighted by Crippen LogP contribution is 2.57. The summed E-state index contributed by atoms with van der Waals surface area (Å²) < 4.78 is 1.73. The molecule has 0 unspecified atom stereocenters. The molecule has 4 aliphatic carbocycles. The van der Waals surface area contributed by atoms with E-state index in [1.165, 1.54) is 44.9 Å². The predicted octanol–water partition coefficient (Wildman–Crippen LogP) is 9.17. The molecule has 7 rings (SSSR count). The third-order valence-electron chi connectivity index (χ3n) is 9.51. The molecule has 3 aromatic rings. The maximum absolute atomic E-state index is 13.3. The molecule has 1 N–H and O–H groups in total. The van der Waals surface area contributed by atoms with Crippen LogP contribution < -0.4 is 5.32 Å². The topological polar surface area (TPSA) is 46.9 Å². The lowest BCUT2D eigenvalue weighted by Crippen LogP contribution is -2.44. The second-order valence-electron chi connectivity index (χ2n) is 12.0. The van der Waals surface area contributed by atoms with Gasteiger partial charge in [-0.2, -0.15) is 5.10 Å². The van der Waals surface area contributed by atoms with E-state index in [9.17, 15) is 4.79 Å². The van der Waals surface area contributed by atoms with Gasteiger partial charge in [-0.05, 0) is 112 Å². The summed E-state index contributed by atoms with van der Waals surface area (Å²) in [6.45, 7) is 2.59. The number of unbranched alkanes of at least 4 members (excludes halogenated alkanes) is 2. The Morgan fingerprint density at radius 3 is 2.23 bits per heavy atom. The van der Waals surface area contributed by atoms with Gasteiger partial charge in [-0.1, -0.05) is 59.8 Å². The van der Waals surface area contributed by atoms with Crippen molar-refractivity contribution >= 4 is 40.7 Å². The van der Waals surface area contributed by atoms with Gasteiger partial charge in [0, 0.05) is 27.7 Å². The van der Waals surface area contributed by atoms with Crippen molar-refractivity contribution < 1.29 is 4.79 Å². The van der Waals surface area contributed by atoms with E-state index in [4.69, 9.17) is 39.9 Å². The molecule has 1 aromatic heterocycles. The molecule has 4 bridgehead atoms. The number of benzene rings is 2. The Balaban J connectivity index is 1.09. The number of carbonyl (C=O) groups is 1. The molecule has 4 fully saturated rings. The zero-order valence-electron chi connectivity index (χ0n) is 22.4. The van der Waals surface area contributed by atoms with Crippen LogP contribution in [0.3, 0.4) is 0 Å². The molecule has 4 nitrogen and oxygen atoms in total. The molecule has 39 heavy (non-hydrogen) atoms. The monoisotopic (exact) mass is 583 g/mol. The van der Waals surface area contributed by atoms with Crippen molar-refractivity contribution in [2.45, 2.75) is 64.7 Å². The fraction of sp³-hybridized carbons (Fsp3) is 0.500. The van der Waals surface area contributed by atoms with Gasteiger partial charge in [0.15, 0.2) is 5.69 Å². The second-order valence-corrected chi connectivity index (χ2v) is 13.3. The van der Waals surface area contributed by atoms with Gasteiger partial charge in [-0.15, -0.1) is 0 Å². The van der Waals surface area contributed by atoms with Gasteiger partial charge in [0.2, 0.25) is 0 Å². The van der Waals surface area contributed by atoms with Gasteiger partial charge in [0.25, 0.3) is 5.91 Å². The molecule has 2 aromatic carbocycles. The highest BCUT2D eigenvalue weighted by Gasteiger charge is 2.47. The van der Waals surface area contributed by atoms with Crippen LogP contribution in [-0.2, 0) is 0 Å². The van der Waals surface area contributed by atoms with Crippen LogP contribution >= 0.6 is 34.8 Å². The van der Waals surface area contributed by atoms with Crippen LogP contribution in [-0.4, -0.2) is 22.2 Å². The Kier molecular flexibility index (Phi) is 7.99. The van der Waals surface area contributed by atoms with Crippen LogP contribution in [0.5, 0.6) is 0 Å². The van der Waals surface area contributed by atoms with E-state index in [0.29, 0.717) is 33.0 Å². The number of hydrogen-bond donors (Lipinski definition) is 1. The summed E-state index contributed by atoms with van der Waals surface area (Å²) in [6.07, 6.45) is 12.3. The third-order valence-corrected chi connectivity index (χ3v) is 10.3. The predicted molar refractivity (Wildman–Crippen MR) is 160 cm³/mol. The smallest absolute Gasteiger partial charge is 0.272 e. The first-order valence-electron chi connectivity index (χ1n) is 14.5. The van der Waals surface area contributed by atoms with E-state index < -0.39 is 0 Å². The van der Waals surface area contributed by atoms with E-state index in [-0.39, 0.29) is 5.91 Å². The summed E-state index contributed by atoms with van der Waals surface area (Å²) in [5, 5.41) is 9.50. The van der Waals surface area contributed by atoms with Crippen molar-refractivity contribution in [3.05, 3.63) is 68.8 Å². The summed E-state index contributed by atoms with van der Waals surface area (Å²) in [5.41, 5.74) is 3.57. The van der Waals surface area contributed by atoms with Crippen molar-refractivity contribution in [3.8, 4) is 16.9 Å². The number of aromatic nitrogens is 2. The maximum Gasteiger partial charge on any atom is 0.272 e. The molecular formula is C32H36Cl3N3O. The third kappa shape index (κ3) is 5.62. The average Bonchev–Trinajstić information content (AvgIpc) is 3.24. The lowest BCUT2D eigenvalue weighted by molar-refractivity contribution is -0.0404. The molecule has 7 heteroatoms. The first kappa shape index (κ1) is 27.2. The van der Waals surface area contributed by atoms with Crippen LogP contribution in [0.15, 0.2) is 42.5 Å². The van der Waals surface area contributed by atoms with E-state index in [1.54, 1.807) is 16.8 Å². The van der Waals surface area contributed by atoms with Crippen molar-refractivity contribution in [1.82, 2.24) is 15.1 Å². The molecule has 0 radical (unpaired) electrons. The SMILES string of the molecule is Cc1c(C(=O)NCCCCCC2[C@H]3C[C@@H]4C[C@@H](C[C@H]2C4)C3)nn(-c2ccc(Cl)cc2Cl)c1-c1ccc(Cl)cc1. The molecule has 0 atom stereocenters. The highest BCUT2D eigenvalue weighted by atomic mass is 35.5. The van der Waals surface area contributed by atoms with E-state index in [0.717, 1.165) is 59.3 Å². The molecule has 0 aliphatic heterocycles. The van der Waals surface area contributed by atoms with Crippen LogP contribution in [0.2, 0.25) is 15.1 Å². The summed E-state index contributed by atoms with van der Waals surface area (Å²) >= 11 is 18.8. The molecular weight excluding hydrogens is 549 g/mol. The molecule has 206 valence electrons. The van der Waals surface area contributed by atoms with Crippen LogP contribution in [0, 0.1) is 36.5 Å². The standard InChI is InChI=1S/C32H36Cl3N3O/c1-19-30(32(39)36-12-4-2-3-5-27-23-14-20-13-21(16-23)17-24(27)15-20)37-38(29-11-10-26(34)18-28(29)35)31(19)22-6-8-25(33)9-7-22/h6-11,18,20-21,23-24,27H,2-5,12-17H2,1H3,(H,36,39)/t20-,21+,23-,24+,27?. The van der Waals surface area contributed by atoms with E-state index >= 15 is 0 Å². The molecule has 0 spiro atoms. The van der Waals surface area contributed by atoms with Gasteiger partial charge < -0.3 is 5.32 Å². The number of rotatable bonds is 9. The van der Waals surface area contributed by atoms with Crippen LogP contribution in [0.4, 0.5) is 0 Å².